The third-order valence-corrected chi connectivity index (χ3v) is 3.29. The maximum atomic E-state index is 9.08. The number of ether oxygens (including phenoxy) is 2. The summed E-state index contributed by atoms with van der Waals surface area (Å²) in [5.74, 6) is 1.34. The number of methoxy groups -OCH3 is 2. The molecule has 0 atom stereocenters. The average molecular weight is 261 g/mol. The van der Waals surface area contributed by atoms with Gasteiger partial charge in [0, 0.05) is 44.4 Å². The molecule has 102 valence electrons. The van der Waals surface area contributed by atoms with Crippen LogP contribution in [0, 0.1) is 11.3 Å². The molecule has 0 saturated carbocycles. The minimum Gasteiger partial charge on any atom is -0.493 e. The highest BCUT2D eigenvalue weighted by Gasteiger charge is 2.16. The van der Waals surface area contributed by atoms with Crippen molar-refractivity contribution in [2.75, 3.05) is 40.4 Å². The van der Waals surface area contributed by atoms with Crippen molar-refractivity contribution in [2.24, 2.45) is 0 Å². The van der Waals surface area contributed by atoms with Gasteiger partial charge in [-0.3, -0.25) is 4.90 Å². The van der Waals surface area contributed by atoms with Gasteiger partial charge in [-0.2, -0.15) is 5.26 Å². The highest BCUT2D eigenvalue weighted by atomic mass is 16.5. The fourth-order valence-electron chi connectivity index (χ4n) is 2.34. The number of nitriles is 1. The van der Waals surface area contributed by atoms with E-state index in [1.807, 2.05) is 6.07 Å². The lowest BCUT2D eigenvalue weighted by Gasteiger charge is -2.28. The number of hydrogen-bond donors (Lipinski definition) is 1. The van der Waals surface area contributed by atoms with Crippen LogP contribution in [-0.4, -0.2) is 45.3 Å². The molecule has 0 bridgehead atoms. The number of nitrogens with zero attached hydrogens (tertiary/aromatic N) is 2. The number of hydrogen-bond acceptors (Lipinski definition) is 5. The Hall–Kier alpha value is -1.77. The van der Waals surface area contributed by atoms with Crippen LogP contribution in [0.25, 0.3) is 0 Å². The second-order valence-electron chi connectivity index (χ2n) is 4.51. The van der Waals surface area contributed by atoms with Gasteiger partial charge in [-0.15, -0.1) is 0 Å². The van der Waals surface area contributed by atoms with Gasteiger partial charge in [0.15, 0.2) is 11.5 Å². The van der Waals surface area contributed by atoms with E-state index >= 15 is 0 Å². The van der Waals surface area contributed by atoms with Gasteiger partial charge in [-0.25, -0.2) is 0 Å². The Morgan fingerprint density at radius 1 is 1.26 bits per heavy atom. The molecule has 5 nitrogen and oxygen atoms in total. The predicted molar refractivity (Wildman–Crippen MR) is 72.4 cm³/mol. The minimum absolute atomic E-state index is 0.600. The molecule has 1 aliphatic heterocycles. The third kappa shape index (κ3) is 3.16. The van der Waals surface area contributed by atoms with Crippen molar-refractivity contribution in [3.05, 3.63) is 23.3 Å². The van der Waals surface area contributed by atoms with E-state index in [0.717, 1.165) is 44.0 Å². The van der Waals surface area contributed by atoms with Gasteiger partial charge >= 0.3 is 0 Å². The fourth-order valence-corrected chi connectivity index (χ4v) is 2.34. The van der Waals surface area contributed by atoms with Crippen molar-refractivity contribution in [1.29, 1.82) is 5.26 Å². The highest BCUT2D eigenvalue weighted by Crippen LogP contribution is 2.33. The lowest BCUT2D eigenvalue weighted by Crippen LogP contribution is -2.42. The van der Waals surface area contributed by atoms with E-state index < -0.39 is 0 Å². The molecule has 5 heteroatoms. The summed E-state index contributed by atoms with van der Waals surface area (Å²) in [6.45, 7) is 4.77. The zero-order valence-electron chi connectivity index (χ0n) is 11.4. The Morgan fingerprint density at radius 3 is 2.58 bits per heavy atom. The van der Waals surface area contributed by atoms with Crippen LogP contribution in [0.4, 0.5) is 0 Å². The molecule has 19 heavy (non-hydrogen) atoms. The Bertz CT molecular complexity index is 476. The topological polar surface area (TPSA) is 57.5 Å². The van der Waals surface area contributed by atoms with Crippen LogP contribution in [0.2, 0.25) is 0 Å². The van der Waals surface area contributed by atoms with Gasteiger partial charge in [-0.1, -0.05) is 0 Å². The smallest absolute Gasteiger partial charge is 0.165 e. The molecule has 0 spiro atoms. The van der Waals surface area contributed by atoms with Crippen LogP contribution < -0.4 is 14.8 Å². The maximum absolute atomic E-state index is 9.08. The quantitative estimate of drug-likeness (QED) is 0.875. The summed E-state index contributed by atoms with van der Waals surface area (Å²) in [6, 6.07) is 5.75. The molecule has 1 N–H and O–H groups in total. The van der Waals surface area contributed by atoms with Crippen molar-refractivity contribution in [3.8, 4) is 17.6 Å². The third-order valence-electron chi connectivity index (χ3n) is 3.29. The second kappa shape index (κ2) is 6.41. The molecule has 2 rings (SSSR count). The van der Waals surface area contributed by atoms with Crippen molar-refractivity contribution < 1.29 is 9.47 Å². The first-order valence-corrected chi connectivity index (χ1v) is 6.36. The summed E-state index contributed by atoms with van der Waals surface area (Å²) < 4.78 is 10.7. The Morgan fingerprint density at radius 2 is 2.00 bits per heavy atom. The normalized spacial score (nSPS) is 15.8. The van der Waals surface area contributed by atoms with Gasteiger partial charge in [0.25, 0.3) is 0 Å². The van der Waals surface area contributed by atoms with E-state index in [2.05, 4.69) is 16.3 Å². The summed E-state index contributed by atoms with van der Waals surface area (Å²) in [4.78, 5) is 2.34. The Labute approximate surface area is 113 Å². The van der Waals surface area contributed by atoms with Gasteiger partial charge in [0.2, 0.25) is 0 Å². The van der Waals surface area contributed by atoms with E-state index in [1.54, 1.807) is 20.3 Å². The first-order chi connectivity index (χ1) is 9.28. The van der Waals surface area contributed by atoms with E-state index in [4.69, 9.17) is 14.7 Å². The molecule has 0 aliphatic carbocycles. The summed E-state index contributed by atoms with van der Waals surface area (Å²) in [5, 5.41) is 12.4. The molecule has 1 fully saturated rings. The van der Waals surface area contributed by atoms with Crippen molar-refractivity contribution in [3.63, 3.8) is 0 Å². The number of rotatable bonds is 4. The number of piperazine rings is 1. The molecule has 0 amide bonds. The van der Waals surface area contributed by atoms with Crippen LogP contribution in [0.1, 0.15) is 11.1 Å². The van der Waals surface area contributed by atoms with E-state index in [1.165, 1.54) is 0 Å². The molecule has 1 aromatic carbocycles. The summed E-state index contributed by atoms with van der Waals surface area (Å²) in [5.41, 5.74) is 1.60. The Balaban J connectivity index is 2.28. The summed E-state index contributed by atoms with van der Waals surface area (Å²) in [7, 11) is 3.22. The SMILES string of the molecule is COc1cc(C#N)cc(CN2CCNCC2)c1OC. The van der Waals surface area contributed by atoms with E-state index in [9.17, 15) is 0 Å². The van der Waals surface area contributed by atoms with Crippen LogP contribution in [-0.2, 0) is 6.54 Å². The molecule has 1 aromatic rings. The van der Waals surface area contributed by atoms with Crippen LogP contribution >= 0.6 is 0 Å². The second-order valence-corrected chi connectivity index (χ2v) is 4.51. The summed E-state index contributed by atoms with van der Waals surface area (Å²) in [6.07, 6.45) is 0. The monoisotopic (exact) mass is 261 g/mol. The largest absolute Gasteiger partial charge is 0.493 e. The van der Waals surface area contributed by atoms with Crippen LogP contribution in [0.3, 0.4) is 0 Å². The van der Waals surface area contributed by atoms with Crippen molar-refractivity contribution >= 4 is 0 Å². The van der Waals surface area contributed by atoms with Gasteiger partial charge < -0.3 is 14.8 Å². The zero-order chi connectivity index (χ0) is 13.7. The standard InChI is InChI=1S/C14H19N3O2/c1-18-13-8-11(9-15)7-12(14(13)19-2)10-17-5-3-16-4-6-17/h7-8,16H,3-6,10H2,1-2H3. The maximum Gasteiger partial charge on any atom is 0.165 e. The van der Waals surface area contributed by atoms with E-state index in [0.29, 0.717) is 11.3 Å². The molecule has 0 aromatic heterocycles. The molecule has 1 heterocycles. The first kappa shape index (κ1) is 13.7. The fraction of sp³-hybridized carbons (Fsp3) is 0.500. The van der Waals surface area contributed by atoms with Crippen molar-refractivity contribution in [1.82, 2.24) is 10.2 Å². The molecular formula is C14H19N3O2. The van der Waals surface area contributed by atoms with Gasteiger partial charge in [-0.05, 0) is 6.07 Å². The van der Waals surface area contributed by atoms with Crippen LogP contribution in [0.15, 0.2) is 12.1 Å². The van der Waals surface area contributed by atoms with Gasteiger partial charge in [0.1, 0.15) is 0 Å². The average Bonchev–Trinajstić information content (AvgIpc) is 2.47. The zero-order valence-corrected chi connectivity index (χ0v) is 11.4. The van der Waals surface area contributed by atoms with E-state index in [-0.39, 0.29) is 0 Å². The minimum atomic E-state index is 0.600. The molecule has 1 aliphatic rings. The molecule has 0 unspecified atom stereocenters. The highest BCUT2D eigenvalue weighted by molar-refractivity contribution is 5.52. The lowest BCUT2D eigenvalue weighted by molar-refractivity contribution is 0.229. The molecule has 0 radical (unpaired) electrons. The summed E-state index contributed by atoms with van der Waals surface area (Å²) >= 11 is 0. The lowest BCUT2D eigenvalue weighted by atomic mass is 10.1. The molecular weight excluding hydrogens is 242 g/mol. The van der Waals surface area contributed by atoms with Gasteiger partial charge in [0.05, 0.1) is 25.9 Å². The van der Waals surface area contributed by atoms with Crippen molar-refractivity contribution in [2.45, 2.75) is 6.54 Å². The number of benzene rings is 1. The first-order valence-electron chi connectivity index (χ1n) is 6.36. The Kier molecular flexibility index (Phi) is 4.61. The molecule has 1 saturated heterocycles. The number of nitrogens with one attached hydrogen (secondary N) is 1. The predicted octanol–water partition coefficient (Wildman–Crippen LogP) is 0.981. The van der Waals surface area contributed by atoms with Crippen LogP contribution in [0.5, 0.6) is 11.5 Å².